The van der Waals surface area contributed by atoms with Crippen LogP contribution >= 0.6 is 0 Å². The molecule has 0 radical (unpaired) electrons. The van der Waals surface area contributed by atoms with Gasteiger partial charge in [-0.2, -0.15) is 0 Å². The van der Waals surface area contributed by atoms with E-state index in [0.29, 0.717) is 0 Å². The second-order valence-electron chi connectivity index (χ2n) is 2.96. The van der Waals surface area contributed by atoms with Crippen molar-refractivity contribution in [3.63, 3.8) is 0 Å². The molecule has 0 saturated heterocycles. The van der Waals surface area contributed by atoms with E-state index < -0.39 is 5.60 Å². The number of terminal acetylenes is 1. The molecule has 0 aromatic rings. The lowest BCUT2D eigenvalue weighted by Crippen LogP contribution is -2.27. The summed E-state index contributed by atoms with van der Waals surface area (Å²) in [6.07, 6.45) is 7.83. The Morgan fingerprint density at radius 2 is 2.58 bits per heavy atom. The Labute approximate surface area is 71.0 Å². The molecule has 64 valence electrons. The Bertz CT molecular complexity index is 257. The van der Waals surface area contributed by atoms with Crippen LogP contribution in [0.5, 0.6) is 0 Å². The molecule has 0 bridgehead atoms. The van der Waals surface area contributed by atoms with Crippen molar-refractivity contribution in [2.45, 2.75) is 25.0 Å². The van der Waals surface area contributed by atoms with Crippen molar-refractivity contribution in [3.05, 3.63) is 12.2 Å². The second kappa shape index (κ2) is 3.00. The lowest BCUT2D eigenvalue weighted by molar-refractivity contribution is -0.139. The van der Waals surface area contributed by atoms with Gasteiger partial charge >= 0.3 is 5.97 Å². The first-order chi connectivity index (χ1) is 5.53. The number of ether oxygens (including phenoxy) is 1. The minimum Gasteiger partial charge on any atom is -0.455 e. The molecule has 1 aliphatic rings. The molecular weight excluding hydrogens is 156 g/mol. The van der Waals surface area contributed by atoms with E-state index >= 15 is 0 Å². The Balaban J connectivity index is 2.50. The van der Waals surface area contributed by atoms with E-state index in [2.05, 4.69) is 5.92 Å². The molecule has 0 spiro atoms. The molecule has 12 heavy (non-hydrogen) atoms. The van der Waals surface area contributed by atoms with Crippen molar-refractivity contribution in [2.24, 2.45) is 0 Å². The minimum absolute atomic E-state index is 0.242. The topological polar surface area (TPSA) is 46.5 Å². The third-order valence-electron chi connectivity index (χ3n) is 1.62. The normalized spacial score (nSPS) is 26.1. The molecule has 1 N–H and O–H groups in total. The maximum absolute atomic E-state index is 10.6. The highest BCUT2D eigenvalue weighted by Crippen LogP contribution is 2.17. The molecule has 0 amide bonds. The highest BCUT2D eigenvalue weighted by molar-refractivity contribution is 5.84. The molecule has 1 heterocycles. The number of aliphatic hydroxyl groups is 1. The van der Waals surface area contributed by atoms with E-state index in [1.165, 1.54) is 13.0 Å². The molecule has 0 aromatic carbocycles. The number of carbonyl (C=O) groups excluding carboxylic acids is 1. The summed E-state index contributed by atoms with van der Waals surface area (Å²) in [7, 11) is 0. The lowest BCUT2D eigenvalue weighted by atomic mass is 10.00. The van der Waals surface area contributed by atoms with E-state index in [9.17, 15) is 9.90 Å². The molecule has 0 fully saturated rings. The predicted octanol–water partition coefficient (Wildman–Crippen LogP) is 0.242. The first-order valence-corrected chi connectivity index (χ1v) is 3.62. The monoisotopic (exact) mass is 166 g/mol. The van der Waals surface area contributed by atoms with Gasteiger partial charge < -0.3 is 9.84 Å². The average Bonchev–Trinajstić information content (AvgIpc) is 2.35. The standard InChI is InChI=1S/C9H10O3/c1-3-9(2,11)6-7-4-5-8(10)12-7/h1,4-5,7,11H,6H2,2H3/t7-,9-/m1/s1. The third kappa shape index (κ3) is 2.11. The summed E-state index contributed by atoms with van der Waals surface area (Å²) in [5.74, 6) is 1.83. The largest absolute Gasteiger partial charge is 0.455 e. The van der Waals surface area contributed by atoms with Gasteiger partial charge in [0.15, 0.2) is 0 Å². The van der Waals surface area contributed by atoms with E-state index in [0.717, 1.165) is 0 Å². The number of cyclic esters (lactones) is 1. The van der Waals surface area contributed by atoms with Crippen LogP contribution in [0.2, 0.25) is 0 Å². The summed E-state index contributed by atoms with van der Waals surface area (Å²) >= 11 is 0. The van der Waals surface area contributed by atoms with Crippen LogP contribution < -0.4 is 0 Å². The molecule has 0 unspecified atom stereocenters. The van der Waals surface area contributed by atoms with Crippen LogP contribution in [-0.2, 0) is 9.53 Å². The van der Waals surface area contributed by atoms with Gasteiger partial charge in [-0.05, 0) is 13.0 Å². The minimum atomic E-state index is -1.21. The van der Waals surface area contributed by atoms with Gasteiger partial charge in [0.1, 0.15) is 11.7 Å². The summed E-state index contributed by atoms with van der Waals surface area (Å²) in [6, 6.07) is 0. The first-order valence-electron chi connectivity index (χ1n) is 3.62. The van der Waals surface area contributed by atoms with Crippen LogP contribution in [0.4, 0.5) is 0 Å². The SMILES string of the molecule is C#C[C@@](C)(O)C[C@H]1C=CC(=O)O1. The zero-order valence-corrected chi connectivity index (χ0v) is 6.78. The Kier molecular flexibility index (Phi) is 2.20. The summed E-state index contributed by atoms with van der Waals surface area (Å²) in [6.45, 7) is 1.51. The van der Waals surface area contributed by atoms with Crippen molar-refractivity contribution < 1.29 is 14.6 Å². The average molecular weight is 166 g/mol. The Hall–Kier alpha value is -1.27. The fourth-order valence-corrected chi connectivity index (χ4v) is 0.974. The zero-order valence-electron chi connectivity index (χ0n) is 6.78. The van der Waals surface area contributed by atoms with Crippen LogP contribution in [0.25, 0.3) is 0 Å². The maximum Gasteiger partial charge on any atom is 0.331 e. The molecule has 2 atom stereocenters. The van der Waals surface area contributed by atoms with Crippen LogP contribution in [-0.4, -0.2) is 22.8 Å². The van der Waals surface area contributed by atoms with E-state index in [1.807, 2.05) is 0 Å². The van der Waals surface area contributed by atoms with Gasteiger partial charge in [-0.3, -0.25) is 0 Å². The summed E-state index contributed by atoms with van der Waals surface area (Å²) < 4.78 is 4.79. The maximum atomic E-state index is 10.6. The van der Waals surface area contributed by atoms with Crippen molar-refractivity contribution >= 4 is 5.97 Å². The summed E-state index contributed by atoms with van der Waals surface area (Å²) in [5.41, 5.74) is -1.21. The fraction of sp³-hybridized carbons (Fsp3) is 0.444. The molecule has 1 aliphatic heterocycles. The second-order valence-corrected chi connectivity index (χ2v) is 2.96. The first kappa shape index (κ1) is 8.82. The van der Waals surface area contributed by atoms with Crippen LogP contribution in [0.1, 0.15) is 13.3 Å². The molecule has 0 aliphatic carbocycles. The fourth-order valence-electron chi connectivity index (χ4n) is 0.974. The van der Waals surface area contributed by atoms with Gasteiger partial charge in [-0.1, -0.05) is 5.92 Å². The van der Waals surface area contributed by atoms with Gasteiger partial charge in [0.2, 0.25) is 0 Å². The van der Waals surface area contributed by atoms with Crippen molar-refractivity contribution in [2.75, 3.05) is 0 Å². The van der Waals surface area contributed by atoms with Crippen LogP contribution in [0.3, 0.4) is 0 Å². The molecule has 3 nitrogen and oxygen atoms in total. The quantitative estimate of drug-likeness (QED) is 0.472. The zero-order chi connectivity index (χ0) is 9.19. The highest BCUT2D eigenvalue weighted by atomic mass is 16.5. The smallest absolute Gasteiger partial charge is 0.331 e. The van der Waals surface area contributed by atoms with Gasteiger partial charge in [0.05, 0.1) is 0 Å². The number of rotatable bonds is 2. The lowest BCUT2D eigenvalue weighted by Gasteiger charge is -2.18. The Morgan fingerprint density at radius 3 is 3.00 bits per heavy atom. The molecule has 3 heteroatoms. The van der Waals surface area contributed by atoms with Crippen molar-refractivity contribution in [1.29, 1.82) is 0 Å². The van der Waals surface area contributed by atoms with Gasteiger partial charge in [-0.25, -0.2) is 4.79 Å². The van der Waals surface area contributed by atoms with Crippen LogP contribution in [0, 0.1) is 12.3 Å². The molecule has 1 rings (SSSR count). The highest BCUT2D eigenvalue weighted by Gasteiger charge is 2.26. The van der Waals surface area contributed by atoms with E-state index in [-0.39, 0.29) is 18.5 Å². The number of carbonyl (C=O) groups is 1. The van der Waals surface area contributed by atoms with Gasteiger partial charge in [-0.15, -0.1) is 6.42 Å². The molecule has 0 saturated carbocycles. The molecular formula is C9H10O3. The van der Waals surface area contributed by atoms with Crippen molar-refractivity contribution in [1.82, 2.24) is 0 Å². The van der Waals surface area contributed by atoms with E-state index in [1.54, 1.807) is 6.08 Å². The number of esters is 1. The summed E-state index contributed by atoms with van der Waals surface area (Å²) in [5, 5.41) is 9.41. The van der Waals surface area contributed by atoms with Gasteiger partial charge in [0.25, 0.3) is 0 Å². The molecule has 0 aromatic heterocycles. The predicted molar refractivity (Wildman–Crippen MR) is 43.1 cm³/mol. The third-order valence-corrected chi connectivity index (χ3v) is 1.62. The van der Waals surface area contributed by atoms with Gasteiger partial charge in [0, 0.05) is 12.5 Å². The van der Waals surface area contributed by atoms with E-state index in [4.69, 9.17) is 11.2 Å². The Morgan fingerprint density at radius 1 is 1.92 bits per heavy atom. The number of hydrogen-bond acceptors (Lipinski definition) is 3. The van der Waals surface area contributed by atoms with Crippen LogP contribution in [0.15, 0.2) is 12.2 Å². The number of hydrogen-bond donors (Lipinski definition) is 1. The van der Waals surface area contributed by atoms with Crippen molar-refractivity contribution in [3.8, 4) is 12.3 Å². The summed E-state index contributed by atoms with van der Waals surface area (Å²) in [4.78, 5) is 10.6.